The zero-order valence-electron chi connectivity index (χ0n) is 19.4. The Morgan fingerprint density at radius 1 is 1.09 bits per heavy atom. The molecule has 0 spiro atoms. The van der Waals surface area contributed by atoms with Crippen molar-refractivity contribution in [1.29, 1.82) is 0 Å². The Kier molecular flexibility index (Phi) is 6.12. The van der Waals surface area contributed by atoms with Gasteiger partial charge < -0.3 is 24.8 Å². The van der Waals surface area contributed by atoms with Crippen molar-refractivity contribution in [2.24, 2.45) is 0 Å². The standard InChI is InChI=1S/C24H27ClN8O/c1-4-5-16-13-21(31-30-16)27-20-14-22(33-10-8-32(3)9-11-33)29-24(28-20)34-19-7-6-18-17(23(19)25)12-15(2)26-18/h4-7,12-14,26H,8-11H2,1-3H3,(H2,27,28,29,30,31)/b5-4+. The van der Waals surface area contributed by atoms with Gasteiger partial charge in [0.25, 0.3) is 0 Å². The Morgan fingerprint density at radius 3 is 2.71 bits per heavy atom. The summed E-state index contributed by atoms with van der Waals surface area (Å²) in [6.45, 7) is 7.62. The number of nitrogens with one attached hydrogen (secondary N) is 3. The summed E-state index contributed by atoms with van der Waals surface area (Å²) in [5, 5.41) is 12.0. The van der Waals surface area contributed by atoms with Crippen LogP contribution in [0.1, 0.15) is 18.3 Å². The maximum absolute atomic E-state index is 6.66. The van der Waals surface area contributed by atoms with Crippen molar-refractivity contribution in [2.45, 2.75) is 13.8 Å². The number of rotatable bonds is 6. The number of likely N-dealkylation sites (N-methyl/N-ethyl adjacent to an activating group) is 1. The summed E-state index contributed by atoms with van der Waals surface area (Å²) in [7, 11) is 2.12. The molecule has 0 amide bonds. The second-order valence-electron chi connectivity index (χ2n) is 8.41. The van der Waals surface area contributed by atoms with Crippen molar-refractivity contribution >= 4 is 46.0 Å². The number of halogens is 1. The van der Waals surface area contributed by atoms with Gasteiger partial charge in [0, 0.05) is 54.9 Å². The fourth-order valence-corrected chi connectivity index (χ4v) is 4.24. The minimum absolute atomic E-state index is 0.219. The predicted molar refractivity (Wildman–Crippen MR) is 136 cm³/mol. The van der Waals surface area contributed by atoms with Gasteiger partial charge in [-0.1, -0.05) is 17.7 Å². The Morgan fingerprint density at radius 2 is 1.91 bits per heavy atom. The zero-order valence-corrected chi connectivity index (χ0v) is 20.1. The molecular weight excluding hydrogens is 452 g/mol. The van der Waals surface area contributed by atoms with Crippen molar-refractivity contribution in [3.05, 3.63) is 52.8 Å². The average Bonchev–Trinajstić information content (AvgIpc) is 3.42. The first-order chi connectivity index (χ1) is 16.5. The predicted octanol–water partition coefficient (Wildman–Crippen LogP) is 4.96. The molecule has 34 heavy (non-hydrogen) atoms. The third kappa shape index (κ3) is 4.71. The molecule has 1 saturated heterocycles. The number of hydrogen-bond donors (Lipinski definition) is 3. The fourth-order valence-electron chi connectivity index (χ4n) is 3.98. The maximum Gasteiger partial charge on any atom is 0.325 e. The molecule has 176 valence electrons. The number of piperazine rings is 1. The van der Waals surface area contributed by atoms with Gasteiger partial charge in [0.05, 0.1) is 10.7 Å². The van der Waals surface area contributed by atoms with E-state index in [-0.39, 0.29) is 6.01 Å². The lowest BCUT2D eigenvalue weighted by Gasteiger charge is -2.33. The SMILES string of the molecule is C/C=C/c1cc(Nc2cc(N3CCN(C)CC3)nc(Oc3ccc4[nH]c(C)cc4c3Cl)n2)n[nH]1. The minimum Gasteiger partial charge on any atom is -0.423 e. The number of aromatic nitrogens is 5. The summed E-state index contributed by atoms with van der Waals surface area (Å²) in [6.07, 6.45) is 3.90. The molecule has 1 aromatic carbocycles. The van der Waals surface area contributed by atoms with Crippen LogP contribution in [0.4, 0.5) is 17.5 Å². The monoisotopic (exact) mass is 478 g/mol. The van der Waals surface area contributed by atoms with Crippen LogP contribution in [0.5, 0.6) is 11.8 Å². The van der Waals surface area contributed by atoms with Crippen LogP contribution in [-0.2, 0) is 0 Å². The summed E-state index contributed by atoms with van der Waals surface area (Å²) in [5.41, 5.74) is 2.89. The van der Waals surface area contributed by atoms with E-state index in [4.69, 9.17) is 21.3 Å². The van der Waals surface area contributed by atoms with E-state index < -0.39 is 0 Å². The number of aryl methyl sites for hydroxylation is 1. The van der Waals surface area contributed by atoms with Gasteiger partial charge in [-0.2, -0.15) is 15.1 Å². The second-order valence-corrected chi connectivity index (χ2v) is 8.79. The van der Waals surface area contributed by atoms with E-state index in [1.807, 2.05) is 56.3 Å². The van der Waals surface area contributed by atoms with Crippen LogP contribution >= 0.6 is 11.6 Å². The number of anilines is 3. The molecule has 1 aliphatic rings. The number of allylic oxidation sites excluding steroid dienone is 1. The van der Waals surface area contributed by atoms with Crippen LogP contribution in [0, 0.1) is 6.92 Å². The van der Waals surface area contributed by atoms with Gasteiger partial charge in [-0.15, -0.1) is 0 Å². The molecule has 3 aromatic heterocycles. The summed E-state index contributed by atoms with van der Waals surface area (Å²) in [4.78, 5) is 17.1. The van der Waals surface area contributed by atoms with Gasteiger partial charge in [-0.3, -0.25) is 5.10 Å². The van der Waals surface area contributed by atoms with E-state index >= 15 is 0 Å². The summed E-state index contributed by atoms with van der Waals surface area (Å²) in [6, 6.07) is 9.83. The summed E-state index contributed by atoms with van der Waals surface area (Å²) < 4.78 is 6.12. The Bertz CT molecular complexity index is 1340. The Balaban J connectivity index is 1.48. The van der Waals surface area contributed by atoms with Crippen molar-refractivity contribution < 1.29 is 4.74 Å². The fraction of sp³-hybridized carbons (Fsp3) is 0.292. The Labute approximate surface area is 202 Å². The van der Waals surface area contributed by atoms with E-state index in [9.17, 15) is 0 Å². The number of ether oxygens (including phenoxy) is 1. The van der Waals surface area contributed by atoms with Gasteiger partial charge in [0.15, 0.2) is 5.82 Å². The van der Waals surface area contributed by atoms with E-state index in [2.05, 4.69) is 42.3 Å². The molecule has 1 fully saturated rings. The number of aromatic amines is 2. The normalized spacial score (nSPS) is 14.9. The molecule has 0 saturated carbocycles. The lowest BCUT2D eigenvalue weighted by Crippen LogP contribution is -2.44. The van der Waals surface area contributed by atoms with Crippen molar-refractivity contribution in [3.63, 3.8) is 0 Å². The van der Waals surface area contributed by atoms with Gasteiger partial charge in [0.2, 0.25) is 0 Å². The van der Waals surface area contributed by atoms with Gasteiger partial charge in [-0.25, -0.2) is 0 Å². The highest BCUT2D eigenvalue weighted by atomic mass is 35.5. The first-order valence-corrected chi connectivity index (χ1v) is 11.6. The molecule has 0 atom stereocenters. The van der Waals surface area contributed by atoms with E-state index in [0.717, 1.165) is 54.3 Å². The zero-order chi connectivity index (χ0) is 23.7. The highest BCUT2D eigenvalue weighted by Gasteiger charge is 2.19. The van der Waals surface area contributed by atoms with Crippen molar-refractivity contribution in [3.8, 4) is 11.8 Å². The quantitative estimate of drug-likeness (QED) is 0.360. The van der Waals surface area contributed by atoms with E-state index in [1.165, 1.54) is 0 Å². The number of benzene rings is 1. The number of nitrogens with zero attached hydrogens (tertiary/aromatic N) is 5. The van der Waals surface area contributed by atoms with Crippen molar-refractivity contribution in [2.75, 3.05) is 43.4 Å². The Hall–Kier alpha value is -3.56. The molecular formula is C24H27ClN8O. The smallest absolute Gasteiger partial charge is 0.325 e. The number of H-pyrrole nitrogens is 2. The lowest BCUT2D eigenvalue weighted by molar-refractivity contribution is 0.311. The first-order valence-electron chi connectivity index (χ1n) is 11.2. The molecule has 0 aliphatic carbocycles. The topological polar surface area (TPSA) is 98.0 Å². The molecule has 0 radical (unpaired) electrons. The molecule has 0 unspecified atom stereocenters. The number of fused-ring (bicyclic) bond motifs is 1. The van der Waals surface area contributed by atoms with Gasteiger partial charge in [0.1, 0.15) is 17.4 Å². The molecule has 9 nitrogen and oxygen atoms in total. The van der Waals surface area contributed by atoms with E-state index in [0.29, 0.717) is 22.4 Å². The molecule has 5 rings (SSSR count). The maximum atomic E-state index is 6.66. The van der Waals surface area contributed by atoms with Crippen LogP contribution in [0.15, 0.2) is 36.4 Å². The van der Waals surface area contributed by atoms with Crippen LogP contribution < -0.4 is 15.0 Å². The van der Waals surface area contributed by atoms with Crippen LogP contribution in [0.3, 0.4) is 0 Å². The minimum atomic E-state index is 0.219. The highest BCUT2D eigenvalue weighted by molar-refractivity contribution is 6.37. The van der Waals surface area contributed by atoms with Gasteiger partial charge >= 0.3 is 6.01 Å². The lowest BCUT2D eigenvalue weighted by atomic mass is 10.2. The summed E-state index contributed by atoms with van der Waals surface area (Å²) in [5.74, 6) is 2.54. The van der Waals surface area contributed by atoms with Crippen LogP contribution in [-0.4, -0.2) is 63.3 Å². The van der Waals surface area contributed by atoms with Crippen LogP contribution in [0.2, 0.25) is 5.02 Å². The second kappa shape index (κ2) is 9.36. The van der Waals surface area contributed by atoms with E-state index in [1.54, 1.807) is 0 Å². The molecule has 1 aliphatic heterocycles. The largest absolute Gasteiger partial charge is 0.423 e. The first kappa shape index (κ1) is 22.2. The molecule has 3 N–H and O–H groups in total. The third-order valence-electron chi connectivity index (χ3n) is 5.76. The highest BCUT2D eigenvalue weighted by Crippen LogP contribution is 2.36. The molecule has 0 bridgehead atoms. The molecule has 4 heterocycles. The molecule has 4 aromatic rings. The third-order valence-corrected chi connectivity index (χ3v) is 6.15. The number of hydrogen-bond acceptors (Lipinski definition) is 7. The average molecular weight is 479 g/mol. The van der Waals surface area contributed by atoms with Crippen LogP contribution in [0.25, 0.3) is 17.0 Å². The van der Waals surface area contributed by atoms with Crippen molar-refractivity contribution in [1.82, 2.24) is 30.0 Å². The van der Waals surface area contributed by atoms with Gasteiger partial charge in [-0.05, 0) is 45.2 Å². The summed E-state index contributed by atoms with van der Waals surface area (Å²) >= 11 is 6.66. The molecule has 10 heteroatoms.